The maximum atomic E-state index is 4.16. The van der Waals surface area contributed by atoms with Crippen LogP contribution in [0.15, 0.2) is 12.4 Å². The summed E-state index contributed by atoms with van der Waals surface area (Å²) in [5.74, 6) is 1.27. The SMILES string of the molecule is CC(C)n1ccnc1-c1nn[nH]n1. The third-order valence-electron chi connectivity index (χ3n) is 1.77. The van der Waals surface area contributed by atoms with Crippen molar-refractivity contribution < 1.29 is 0 Å². The number of aromatic amines is 1. The average Bonchev–Trinajstić information content (AvgIpc) is 2.74. The molecule has 0 bridgehead atoms. The van der Waals surface area contributed by atoms with Gasteiger partial charge < -0.3 is 4.57 Å². The highest BCUT2D eigenvalue weighted by Gasteiger charge is 2.11. The summed E-state index contributed by atoms with van der Waals surface area (Å²) in [5.41, 5.74) is 0. The summed E-state index contributed by atoms with van der Waals surface area (Å²) in [6.07, 6.45) is 3.63. The van der Waals surface area contributed by atoms with Gasteiger partial charge in [-0.3, -0.25) is 0 Å². The largest absolute Gasteiger partial charge is 0.326 e. The Morgan fingerprint density at radius 2 is 2.31 bits per heavy atom. The minimum atomic E-state index is 0.344. The molecule has 13 heavy (non-hydrogen) atoms. The van der Waals surface area contributed by atoms with Gasteiger partial charge in [0.05, 0.1) is 0 Å². The normalized spacial score (nSPS) is 11.0. The molecule has 0 atom stereocenters. The summed E-state index contributed by atoms with van der Waals surface area (Å²) < 4.78 is 1.99. The van der Waals surface area contributed by atoms with Crippen LogP contribution in [0.4, 0.5) is 0 Å². The van der Waals surface area contributed by atoms with Crippen LogP contribution in [-0.4, -0.2) is 30.2 Å². The first-order valence-electron chi connectivity index (χ1n) is 4.05. The van der Waals surface area contributed by atoms with Crippen molar-refractivity contribution in [2.75, 3.05) is 0 Å². The Balaban J connectivity index is 2.46. The summed E-state index contributed by atoms with van der Waals surface area (Å²) in [6.45, 7) is 4.15. The fraction of sp³-hybridized carbons (Fsp3) is 0.429. The minimum Gasteiger partial charge on any atom is -0.326 e. The van der Waals surface area contributed by atoms with E-state index in [4.69, 9.17) is 0 Å². The molecule has 2 aromatic heterocycles. The van der Waals surface area contributed by atoms with E-state index in [-0.39, 0.29) is 0 Å². The van der Waals surface area contributed by atoms with Crippen LogP contribution in [0.2, 0.25) is 0 Å². The molecule has 0 amide bonds. The number of H-pyrrole nitrogens is 1. The fourth-order valence-corrected chi connectivity index (χ4v) is 1.16. The first-order valence-corrected chi connectivity index (χ1v) is 4.05. The van der Waals surface area contributed by atoms with Gasteiger partial charge in [0.15, 0.2) is 5.82 Å². The predicted molar refractivity (Wildman–Crippen MR) is 45.8 cm³/mol. The van der Waals surface area contributed by atoms with Crippen LogP contribution in [-0.2, 0) is 0 Å². The minimum absolute atomic E-state index is 0.344. The molecule has 2 aromatic rings. The van der Waals surface area contributed by atoms with Gasteiger partial charge in [0, 0.05) is 18.4 Å². The smallest absolute Gasteiger partial charge is 0.240 e. The zero-order valence-electron chi connectivity index (χ0n) is 7.47. The number of nitrogens with one attached hydrogen (secondary N) is 1. The number of hydrogen-bond donors (Lipinski definition) is 1. The third kappa shape index (κ3) is 1.30. The number of hydrogen-bond acceptors (Lipinski definition) is 4. The Kier molecular flexibility index (Phi) is 1.80. The third-order valence-corrected chi connectivity index (χ3v) is 1.77. The van der Waals surface area contributed by atoms with Crippen molar-refractivity contribution in [3.05, 3.63) is 12.4 Å². The van der Waals surface area contributed by atoms with E-state index in [1.807, 2.05) is 10.8 Å². The molecule has 0 aliphatic heterocycles. The highest BCUT2D eigenvalue weighted by atomic mass is 15.5. The van der Waals surface area contributed by atoms with Gasteiger partial charge in [0.1, 0.15) is 0 Å². The molecule has 1 N–H and O–H groups in total. The second-order valence-corrected chi connectivity index (χ2v) is 2.99. The molecule has 0 spiro atoms. The number of rotatable bonds is 2. The Morgan fingerprint density at radius 3 is 2.92 bits per heavy atom. The van der Waals surface area contributed by atoms with E-state index in [1.165, 1.54) is 0 Å². The van der Waals surface area contributed by atoms with E-state index in [0.29, 0.717) is 11.9 Å². The lowest BCUT2D eigenvalue weighted by Gasteiger charge is -2.07. The van der Waals surface area contributed by atoms with Gasteiger partial charge in [0.25, 0.3) is 0 Å². The average molecular weight is 178 g/mol. The molecule has 6 heteroatoms. The Bertz CT molecular complexity index is 373. The van der Waals surface area contributed by atoms with Gasteiger partial charge in [0.2, 0.25) is 5.82 Å². The van der Waals surface area contributed by atoms with Crippen LogP contribution < -0.4 is 0 Å². The quantitative estimate of drug-likeness (QED) is 0.732. The summed E-state index contributed by atoms with van der Waals surface area (Å²) in [7, 11) is 0. The molecule has 0 aliphatic carbocycles. The molecule has 2 heterocycles. The van der Waals surface area contributed by atoms with Crippen LogP contribution >= 0.6 is 0 Å². The topological polar surface area (TPSA) is 72.3 Å². The number of aromatic nitrogens is 6. The summed E-state index contributed by atoms with van der Waals surface area (Å²) in [4.78, 5) is 4.16. The fourth-order valence-electron chi connectivity index (χ4n) is 1.16. The van der Waals surface area contributed by atoms with Crippen LogP contribution in [0.3, 0.4) is 0 Å². The van der Waals surface area contributed by atoms with E-state index in [0.717, 1.165) is 5.82 Å². The predicted octanol–water partition coefficient (Wildman–Crippen LogP) is 0.644. The lowest BCUT2D eigenvalue weighted by molar-refractivity contribution is 0.604. The van der Waals surface area contributed by atoms with Crippen molar-refractivity contribution in [3.8, 4) is 11.6 Å². The van der Waals surface area contributed by atoms with Gasteiger partial charge >= 0.3 is 0 Å². The van der Waals surface area contributed by atoms with Crippen LogP contribution in [0, 0.1) is 0 Å². The van der Waals surface area contributed by atoms with Crippen molar-refractivity contribution >= 4 is 0 Å². The first kappa shape index (κ1) is 7.90. The second kappa shape index (κ2) is 2.96. The van der Waals surface area contributed by atoms with Gasteiger partial charge in [-0.2, -0.15) is 5.21 Å². The van der Waals surface area contributed by atoms with Crippen molar-refractivity contribution in [1.29, 1.82) is 0 Å². The Labute approximate surface area is 75.0 Å². The van der Waals surface area contributed by atoms with E-state index in [1.54, 1.807) is 6.20 Å². The van der Waals surface area contributed by atoms with E-state index in [2.05, 4.69) is 39.5 Å². The van der Waals surface area contributed by atoms with Crippen molar-refractivity contribution in [2.45, 2.75) is 19.9 Å². The monoisotopic (exact) mass is 178 g/mol. The maximum absolute atomic E-state index is 4.16. The zero-order chi connectivity index (χ0) is 9.26. The van der Waals surface area contributed by atoms with Crippen LogP contribution in [0.25, 0.3) is 11.6 Å². The van der Waals surface area contributed by atoms with Gasteiger partial charge in [-0.25, -0.2) is 4.98 Å². The molecule has 6 nitrogen and oxygen atoms in total. The van der Waals surface area contributed by atoms with E-state index < -0.39 is 0 Å². The van der Waals surface area contributed by atoms with Gasteiger partial charge in [-0.05, 0) is 19.1 Å². The zero-order valence-corrected chi connectivity index (χ0v) is 7.47. The first-order chi connectivity index (χ1) is 6.29. The molecule has 0 aromatic carbocycles. The molecular formula is C7H10N6. The molecular weight excluding hydrogens is 168 g/mol. The van der Waals surface area contributed by atoms with Gasteiger partial charge in [-0.15, -0.1) is 10.2 Å². The molecule has 0 saturated carbocycles. The van der Waals surface area contributed by atoms with Crippen LogP contribution in [0.1, 0.15) is 19.9 Å². The molecule has 0 saturated heterocycles. The maximum Gasteiger partial charge on any atom is 0.240 e. The highest BCUT2D eigenvalue weighted by molar-refractivity contribution is 5.41. The van der Waals surface area contributed by atoms with E-state index in [9.17, 15) is 0 Å². The standard InChI is InChI=1S/C7H10N6/c1-5(2)13-4-3-8-7(13)6-9-11-12-10-6/h3-5H,1-2H3,(H,9,10,11,12). The Morgan fingerprint density at radius 1 is 1.46 bits per heavy atom. The molecule has 0 aliphatic rings. The summed E-state index contributed by atoms with van der Waals surface area (Å²) >= 11 is 0. The molecule has 0 radical (unpaired) electrons. The van der Waals surface area contributed by atoms with Crippen molar-refractivity contribution in [2.24, 2.45) is 0 Å². The molecule has 68 valence electrons. The summed E-state index contributed by atoms with van der Waals surface area (Å²) in [6, 6.07) is 0.344. The number of nitrogens with zero attached hydrogens (tertiary/aromatic N) is 5. The van der Waals surface area contributed by atoms with Crippen LogP contribution in [0.5, 0.6) is 0 Å². The number of tetrazole rings is 1. The lowest BCUT2D eigenvalue weighted by atomic mass is 10.4. The highest BCUT2D eigenvalue weighted by Crippen LogP contribution is 2.15. The van der Waals surface area contributed by atoms with E-state index >= 15 is 0 Å². The molecule has 0 unspecified atom stereocenters. The van der Waals surface area contributed by atoms with Crippen molar-refractivity contribution in [1.82, 2.24) is 30.2 Å². The second-order valence-electron chi connectivity index (χ2n) is 2.99. The lowest BCUT2D eigenvalue weighted by Crippen LogP contribution is -2.02. The molecule has 0 fully saturated rings. The van der Waals surface area contributed by atoms with Gasteiger partial charge in [-0.1, -0.05) is 0 Å². The summed E-state index contributed by atoms with van der Waals surface area (Å²) in [5, 5.41) is 13.6. The Hall–Kier alpha value is -1.72. The van der Waals surface area contributed by atoms with Crippen molar-refractivity contribution in [3.63, 3.8) is 0 Å². The molecule has 2 rings (SSSR count). The number of imidazole rings is 1.